The Morgan fingerprint density at radius 3 is 2.50 bits per heavy atom. The van der Waals surface area contributed by atoms with Crippen LogP contribution in [0.15, 0.2) is 24.3 Å². The SMILES string of the molecule is CCCNc1nc(C)nc(Oc2ccc(I)cc2)c1C. The van der Waals surface area contributed by atoms with Gasteiger partial charge in [0, 0.05) is 10.1 Å². The summed E-state index contributed by atoms with van der Waals surface area (Å²) >= 11 is 2.27. The van der Waals surface area contributed by atoms with Crippen LogP contribution in [-0.4, -0.2) is 16.5 Å². The van der Waals surface area contributed by atoms with E-state index in [4.69, 9.17) is 4.74 Å². The maximum absolute atomic E-state index is 5.87. The van der Waals surface area contributed by atoms with Gasteiger partial charge in [-0.05, 0) is 67.1 Å². The number of hydrogen-bond donors (Lipinski definition) is 1. The average molecular weight is 383 g/mol. The molecule has 0 atom stereocenters. The zero-order chi connectivity index (χ0) is 14.5. The molecule has 1 N–H and O–H groups in total. The number of rotatable bonds is 5. The summed E-state index contributed by atoms with van der Waals surface area (Å²) in [5, 5.41) is 3.31. The van der Waals surface area contributed by atoms with Crippen LogP contribution in [0.4, 0.5) is 5.82 Å². The van der Waals surface area contributed by atoms with Crippen LogP contribution >= 0.6 is 22.6 Å². The van der Waals surface area contributed by atoms with E-state index in [2.05, 4.69) is 44.8 Å². The number of aryl methyl sites for hydroxylation is 1. The second-order valence-electron chi connectivity index (χ2n) is 4.53. The Labute approximate surface area is 133 Å². The molecule has 0 saturated heterocycles. The molecule has 4 nitrogen and oxygen atoms in total. The van der Waals surface area contributed by atoms with Gasteiger partial charge < -0.3 is 10.1 Å². The topological polar surface area (TPSA) is 47.0 Å². The summed E-state index contributed by atoms with van der Waals surface area (Å²) < 4.78 is 7.05. The molecule has 2 rings (SSSR count). The molecular weight excluding hydrogens is 365 g/mol. The Morgan fingerprint density at radius 2 is 1.85 bits per heavy atom. The zero-order valence-corrected chi connectivity index (χ0v) is 14.1. The molecule has 1 aromatic heterocycles. The summed E-state index contributed by atoms with van der Waals surface area (Å²) in [6.45, 7) is 6.86. The Kier molecular flexibility index (Phi) is 5.17. The monoisotopic (exact) mass is 383 g/mol. The summed E-state index contributed by atoms with van der Waals surface area (Å²) in [7, 11) is 0. The lowest BCUT2D eigenvalue weighted by molar-refractivity contribution is 0.456. The molecule has 5 heteroatoms. The third-order valence-electron chi connectivity index (χ3n) is 2.78. The molecule has 0 radical (unpaired) electrons. The summed E-state index contributed by atoms with van der Waals surface area (Å²) in [5.41, 5.74) is 0.933. The molecular formula is C15H18IN3O. The van der Waals surface area contributed by atoms with Gasteiger partial charge in [-0.3, -0.25) is 0 Å². The number of hydrogen-bond acceptors (Lipinski definition) is 4. The van der Waals surface area contributed by atoms with Crippen LogP contribution in [0.3, 0.4) is 0 Å². The first kappa shape index (κ1) is 15.0. The first-order valence-electron chi connectivity index (χ1n) is 6.62. The van der Waals surface area contributed by atoms with Crippen molar-refractivity contribution in [3.8, 4) is 11.6 Å². The number of aromatic nitrogens is 2. The smallest absolute Gasteiger partial charge is 0.227 e. The Balaban J connectivity index is 2.26. The summed E-state index contributed by atoms with van der Waals surface area (Å²) in [4.78, 5) is 8.81. The first-order chi connectivity index (χ1) is 9.60. The molecule has 0 aliphatic heterocycles. The van der Waals surface area contributed by atoms with Crippen molar-refractivity contribution in [2.75, 3.05) is 11.9 Å². The lowest BCUT2D eigenvalue weighted by atomic mass is 10.3. The molecule has 0 bridgehead atoms. The normalized spacial score (nSPS) is 10.4. The minimum absolute atomic E-state index is 0.609. The average Bonchev–Trinajstić information content (AvgIpc) is 2.43. The van der Waals surface area contributed by atoms with Gasteiger partial charge in [-0.1, -0.05) is 6.92 Å². The predicted molar refractivity (Wildman–Crippen MR) is 89.5 cm³/mol. The van der Waals surface area contributed by atoms with E-state index >= 15 is 0 Å². The molecule has 0 unspecified atom stereocenters. The second-order valence-corrected chi connectivity index (χ2v) is 5.78. The molecule has 0 aliphatic rings. The number of nitrogens with zero attached hydrogens (tertiary/aromatic N) is 2. The Hall–Kier alpha value is -1.37. The number of anilines is 1. The van der Waals surface area contributed by atoms with Crippen LogP contribution in [0.5, 0.6) is 11.6 Å². The third kappa shape index (κ3) is 3.82. The second kappa shape index (κ2) is 6.88. The molecule has 1 aromatic carbocycles. The van der Waals surface area contributed by atoms with Gasteiger partial charge in [0.1, 0.15) is 17.4 Å². The van der Waals surface area contributed by atoms with Gasteiger partial charge in [0.05, 0.1) is 5.56 Å². The summed E-state index contributed by atoms with van der Waals surface area (Å²) in [6.07, 6.45) is 1.05. The van der Waals surface area contributed by atoms with E-state index in [1.807, 2.05) is 38.1 Å². The summed E-state index contributed by atoms with van der Waals surface area (Å²) in [5.74, 6) is 2.94. The molecule has 0 aliphatic carbocycles. The lowest BCUT2D eigenvalue weighted by Gasteiger charge is -2.13. The zero-order valence-electron chi connectivity index (χ0n) is 11.9. The fourth-order valence-electron chi connectivity index (χ4n) is 1.73. The number of nitrogens with one attached hydrogen (secondary N) is 1. The molecule has 0 spiro atoms. The van der Waals surface area contributed by atoms with Crippen molar-refractivity contribution in [2.45, 2.75) is 27.2 Å². The molecule has 0 amide bonds. The number of ether oxygens (including phenoxy) is 1. The van der Waals surface area contributed by atoms with Crippen LogP contribution in [0.1, 0.15) is 24.7 Å². The van der Waals surface area contributed by atoms with Crippen LogP contribution in [0.25, 0.3) is 0 Å². The molecule has 2 aromatic rings. The highest BCUT2D eigenvalue weighted by molar-refractivity contribution is 14.1. The molecule has 20 heavy (non-hydrogen) atoms. The van der Waals surface area contributed by atoms with Crippen LogP contribution < -0.4 is 10.1 Å². The minimum atomic E-state index is 0.609. The van der Waals surface area contributed by atoms with E-state index in [9.17, 15) is 0 Å². The predicted octanol–water partition coefficient (Wildman–Crippen LogP) is 4.31. The van der Waals surface area contributed by atoms with E-state index in [1.165, 1.54) is 3.57 Å². The van der Waals surface area contributed by atoms with Crippen molar-refractivity contribution in [3.05, 3.63) is 39.2 Å². The van der Waals surface area contributed by atoms with Gasteiger partial charge in [0.15, 0.2) is 0 Å². The van der Waals surface area contributed by atoms with E-state index < -0.39 is 0 Å². The van der Waals surface area contributed by atoms with Gasteiger partial charge in [0.2, 0.25) is 5.88 Å². The minimum Gasteiger partial charge on any atom is -0.439 e. The lowest BCUT2D eigenvalue weighted by Crippen LogP contribution is -2.07. The van der Waals surface area contributed by atoms with Crippen LogP contribution in [0.2, 0.25) is 0 Å². The fourth-order valence-corrected chi connectivity index (χ4v) is 2.09. The highest BCUT2D eigenvalue weighted by Crippen LogP contribution is 2.27. The van der Waals surface area contributed by atoms with Gasteiger partial charge >= 0.3 is 0 Å². The quantitative estimate of drug-likeness (QED) is 0.782. The largest absolute Gasteiger partial charge is 0.439 e. The Bertz CT molecular complexity index is 584. The molecule has 106 valence electrons. The van der Waals surface area contributed by atoms with E-state index in [0.717, 1.165) is 30.1 Å². The highest BCUT2D eigenvalue weighted by atomic mass is 127. The highest BCUT2D eigenvalue weighted by Gasteiger charge is 2.10. The van der Waals surface area contributed by atoms with E-state index in [0.29, 0.717) is 11.7 Å². The van der Waals surface area contributed by atoms with Gasteiger partial charge in [-0.25, -0.2) is 4.98 Å². The van der Waals surface area contributed by atoms with Crippen molar-refractivity contribution in [1.82, 2.24) is 9.97 Å². The maximum atomic E-state index is 5.87. The summed E-state index contributed by atoms with van der Waals surface area (Å²) in [6, 6.07) is 7.90. The van der Waals surface area contributed by atoms with Crippen molar-refractivity contribution < 1.29 is 4.74 Å². The Morgan fingerprint density at radius 1 is 1.15 bits per heavy atom. The number of benzene rings is 1. The van der Waals surface area contributed by atoms with E-state index in [1.54, 1.807) is 0 Å². The number of halogens is 1. The fraction of sp³-hybridized carbons (Fsp3) is 0.333. The van der Waals surface area contributed by atoms with Crippen molar-refractivity contribution >= 4 is 28.4 Å². The van der Waals surface area contributed by atoms with Crippen molar-refractivity contribution in [3.63, 3.8) is 0 Å². The maximum Gasteiger partial charge on any atom is 0.227 e. The van der Waals surface area contributed by atoms with Gasteiger partial charge in [-0.2, -0.15) is 4.98 Å². The van der Waals surface area contributed by atoms with Crippen molar-refractivity contribution in [2.24, 2.45) is 0 Å². The van der Waals surface area contributed by atoms with Crippen LogP contribution in [-0.2, 0) is 0 Å². The van der Waals surface area contributed by atoms with Gasteiger partial charge in [0.25, 0.3) is 0 Å². The van der Waals surface area contributed by atoms with E-state index in [-0.39, 0.29) is 0 Å². The molecule has 1 heterocycles. The third-order valence-corrected chi connectivity index (χ3v) is 3.50. The van der Waals surface area contributed by atoms with Gasteiger partial charge in [-0.15, -0.1) is 0 Å². The van der Waals surface area contributed by atoms with Crippen LogP contribution in [0, 0.1) is 17.4 Å². The standard InChI is InChI=1S/C15H18IN3O/c1-4-9-17-14-10(2)15(19-11(3)18-14)20-13-7-5-12(16)6-8-13/h5-8H,4,9H2,1-3H3,(H,17,18,19). The molecule has 0 fully saturated rings. The molecule has 0 saturated carbocycles. The first-order valence-corrected chi connectivity index (χ1v) is 7.70. The van der Waals surface area contributed by atoms with Crippen molar-refractivity contribution in [1.29, 1.82) is 0 Å².